The van der Waals surface area contributed by atoms with Crippen LogP contribution in [0, 0.1) is 11.7 Å². The SMILES string of the molecule is COc1c(F)cc(C(CC(=O)O)C2CC2)c(OC)c1Br. The van der Waals surface area contributed by atoms with Crippen LogP contribution in [0.15, 0.2) is 10.5 Å². The highest BCUT2D eigenvalue weighted by Gasteiger charge is 2.36. The lowest BCUT2D eigenvalue weighted by Gasteiger charge is -2.20. The first-order valence-electron chi connectivity index (χ1n) is 6.31. The minimum Gasteiger partial charge on any atom is -0.495 e. The van der Waals surface area contributed by atoms with E-state index in [-0.39, 0.29) is 24.0 Å². The van der Waals surface area contributed by atoms with Crippen LogP contribution in [0.4, 0.5) is 4.39 Å². The third-order valence-electron chi connectivity index (χ3n) is 3.55. The first kappa shape index (κ1) is 15.1. The Morgan fingerprint density at radius 1 is 1.45 bits per heavy atom. The average molecular weight is 347 g/mol. The second-order valence-corrected chi connectivity index (χ2v) is 5.66. The van der Waals surface area contributed by atoms with Crippen LogP contribution in [0.2, 0.25) is 0 Å². The number of benzene rings is 1. The summed E-state index contributed by atoms with van der Waals surface area (Å²) < 4.78 is 24.8. The second-order valence-electron chi connectivity index (χ2n) is 4.87. The molecule has 2 rings (SSSR count). The van der Waals surface area contributed by atoms with Gasteiger partial charge in [0.1, 0.15) is 10.2 Å². The zero-order valence-electron chi connectivity index (χ0n) is 11.3. The van der Waals surface area contributed by atoms with E-state index in [0.717, 1.165) is 12.8 Å². The van der Waals surface area contributed by atoms with Crippen molar-refractivity contribution in [2.45, 2.75) is 25.2 Å². The van der Waals surface area contributed by atoms with E-state index in [2.05, 4.69) is 15.9 Å². The highest BCUT2D eigenvalue weighted by molar-refractivity contribution is 9.10. The normalized spacial score (nSPS) is 15.8. The van der Waals surface area contributed by atoms with E-state index in [1.807, 2.05) is 0 Å². The number of rotatable bonds is 6. The van der Waals surface area contributed by atoms with Gasteiger partial charge < -0.3 is 14.6 Å². The van der Waals surface area contributed by atoms with Crippen LogP contribution in [0.25, 0.3) is 0 Å². The Bertz CT molecular complexity index is 528. The molecule has 20 heavy (non-hydrogen) atoms. The van der Waals surface area contributed by atoms with Crippen LogP contribution in [-0.4, -0.2) is 25.3 Å². The molecule has 0 aliphatic heterocycles. The Kier molecular flexibility index (Phi) is 4.52. The Morgan fingerprint density at radius 2 is 2.05 bits per heavy atom. The van der Waals surface area contributed by atoms with Crippen molar-refractivity contribution in [3.63, 3.8) is 0 Å². The average Bonchev–Trinajstić information content (AvgIpc) is 3.20. The summed E-state index contributed by atoms with van der Waals surface area (Å²) in [4.78, 5) is 11.0. The predicted molar refractivity (Wildman–Crippen MR) is 74.9 cm³/mol. The standard InChI is InChI=1S/C14H16BrFO4/c1-19-13-9(5-10(16)14(20-2)12(13)15)8(6-11(17)18)7-3-4-7/h5,7-8H,3-4,6H2,1-2H3,(H,17,18). The van der Waals surface area contributed by atoms with E-state index in [1.54, 1.807) is 0 Å². The van der Waals surface area contributed by atoms with Gasteiger partial charge in [-0.15, -0.1) is 0 Å². The van der Waals surface area contributed by atoms with Crippen molar-refractivity contribution >= 4 is 21.9 Å². The molecule has 1 aliphatic rings. The Labute approximate surface area is 125 Å². The van der Waals surface area contributed by atoms with E-state index in [1.165, 1.54) is 20.3 Å². The fraction of sp³-hybridized carbons (Fsp3) is 0.500. The van der Waals surface area contributed by atoms with E-state index < -0.39 is 11.8 Å². The molecule has 0 aromatic heterocycles. The minimum absolute atomic E-state index is 0.0285. The fourth-order valence-electron chi connectivity index (χ4n) is 2.49. The van der Waals surface area contributed by atoms with Gasteiger partial charge in [0.25, 0.3) is 0 Å². The third kappa shape index (κ3) is 2.90. The number of methoxy groups -OCH3 is 2. The number of hydrogen-bond acceptors (Lipinski definition) is 3. The van der Waals surface area contributed by atoms with Crippen molar-refractivity contribution < 1.29 is 23.8 Å². The lowest BCUT2D eigenvalue weighted by molar-refractivity contribution is -0.137. The van der Waals surface area contributed by atoms with Crippen molar-refractivity contribution in [3.05, 3.63) is 21.9 Å². The van der Waals surface area contributed by atoms with Crippen LogP contribution in [0.1, 0.15) is 30.7 Å². The summed E-state index contributed by atoms with van der Waals surface area (Å²) in [5.41, 5.74) is 0.586. The molecule has 110 valence electrons. The molecule has 0 bridgehead atoms. The van der Waals surface area contributed by atoms with Gasteiger partial charge in [0, 0.05) is 11.5 Å². The summed E-state index contributed by atoms with van der Waals surface area (Å²) in [7, 11) is 2.85. The third-order valence-corrected chi connectivity index (χ3v) is 4.27. The van der Waals surface area contributed by atoms with E-state index in [9.17, 15) is 9.18 Å². The van der Waals surface area contributed by atoms with Gasteiger partial charge in [-0.05, 0) is 40.8 Å². The van der Waals surface area contributed by atoms with Crippen LogP contribution in [0.3, 0.4) is 0 Å². The van der Waals surface area contributed by atoms with Gasteiger partial charge in [0.2, 0.25) is 0 Å². The first-order chi connectivity index (χ1) is 9.49. The quantitative estimate of drug-likeness (QED) is 0.855. The van der Waals surface area contributed by atoms with Crippen molar-refractivity contribution in [2.24, 2.45) is 5.92 Å². The molecular weight excluding hydrogens is 331 g/mol. The van der Waals surface area contributed by atoms with E-state index in [0.29, 0.717) is 15.8 Å². The summed E-state index contributed by atoms with van der Waals surface area (Å²) in [6, 6.07) is 1.33. The van der Waals surface area contributed by atoms with Gasteiger partial charge in [0.05, 0.1) is 20.6 Å². The maximum atomic E-state index is 14.1. The van der Waals surface area contributed by atoms with Gasteiger partial charge in [-0.2, -0.15) is 0 Å². The highest BCUT2D eigenvalue weighted by atomic mass is 79.9. The zero-order chi connectivity index (χ0) is 14.9. The molecule has 6 heteroatoms. The van der Waals surface area contributed by atoms with Gasteiger partial charge in [-0.3, -0.25) is 4.79 Å². The summed E-state index contributed by atoms with van der Waals surface area (Å²) in [6.07, 6.45) is 1.90. The first-order valence-corrected chi connectivity index (χ1v) is 7.10. The maximum absolute atomic E-state index is 14.1. The molecule has 0 amide bonds. The molecule has 0 radical (unpaired) electrons. The molecule has 1 saturated carbocycles. The monoisotopic (exact) mass is 346 g/mol. The summed E-state index contributed by atoms with van der Waals surface area (Å²) in [5, 5.41) is 9.05. The van der Waals surface area contributed by atoms with Crippen LogP contribution < -0.4 is 9.47 Å². The number of carbonyl (C=O) groups is 1. The number of ether oxygens (including phenoxy) is 2. The number of hydrogen-bond donors (Lipinski definition) is 1. The minimum atomic E-state index is -0.892. The van der Waals surface area contributed by atoms with Crippen LogP contribution in [0.5, 0.6) is 11.5 Å². The second kappa shape index (κ2) is 5.99. The number of halogens is 2. The smallest absolute Gasteiger partial charge is 0.303 e. The molecule has 0 saturated heterocycles. The van der Waals surface area contributed by atoms with Gasteiger partial charge >= 0.3 is 5.97 Å². The van der Waals surface area contributed by atoms with Crippen LogP contribution in [-0.2, 0) is 4.79 Å². The molecule has 1 aromatic rings. The zero-order valence-corrected chi connectivity index (χ0v) is 12.9. The van der Waals surface area contributed by atoms with Gasteiger partial charge in [-0.25, -0.2) is 4.39 Å². The Balaban J connectivity index is 2.50. The van der Waals surface area contributed by atoms with Crippen LogP contribution >= 0.6 is 15.9 Å². The summed E-state index contributed by atoms with van der Waals surface area (Å²) in [5.74, 6) is -0.863. The Hall–Kier alpha value is -1.30. The fourth-order valence-corrected chi connectivity index (χ4v) is 3.23. The Morgan fingerprint density at radius 3 is 2.50 bits per heavy atom. The lowest BCUT2D eigenvalue weighted by atomic mass is 9.90. The topological polar surface area (TPSA) is 55.8 Å². The highest BCUT2D eigenvalue weighted by Crippen LogP contribution is 2.50. The van der Waals surface area contributed by atoms with Gasteiger partial charge in [-0.1, -0.05) is 0 Å². The van der Waals surface area contributed by atoms with Crippen molar-refractivity contribution in [2.75, 3.05) is 14.2 Å². The molecule has 1 atom stereocenters. The molecule has 0 spiro atoms. The number of aliphatic carboxylic acids is 1. The number of carboxylic acids is 1. The maximum Gasteiger partial charge on any atom is 0.303 e. The molecule has 1 aliphatic carbocycles. The molecule has 0 heterocycles. The van der Waals surface area contributed by atoms with Crippen molar-refractivity contribution in [1.82, 2.24) is 0 Å². The summed E-state index contributed by atoms with van der Waals surface area (Å²) in [6.45, 7) is 0. The predicted octanol–water partition coefficient (Wildman–Crippen LogP) is 3.57. The molecule has 1 unspecified atom stereocenters. The van der Waals surface area contributed by atoms with E-state index in [4.69, 9.17) is 14.6 Å². The molecule has 1 aromatic carbocycles. The largest absolute Gasteiger partial charge is 0.495 e. The van der Waals surface area contributed by atoms with Gasteiger partial charge in [0.15, 0.2) is 11.6 Å². The van der Waals surface area contributed by atoms with E-state index >= 15 is 0 Å². The number of carboxylic acid groups (broad SMARTS) is 1. The molecule has 1 N–H and O–H groups in total. The van der Waals surface area contributed by atoms with Crippen molar-refractivity contribution in [1.29, 1.82) is 0 Å². The lowest BCUT2D eigenvalue weighted by Crippen LogP contribution is -2.11. The van der Waals surface area contributed by atoms with Crippen molar-refractivity contribution in [3.8, 4) is 11.5 Å². The molecule has 1 fully saturated rings. The molecule has 4 nitrogen and oxygen atoms in total. The summed E-state index contributed by atoms with van der Waals surface area (Å²) >= 11 is 3.27. The molecular formula is C14H16BrFO4.